The van der Waals surface area contributed by atoms with Crippen molar-refractivity contribution in [2.45, 2.75) is 0 Å². The second-order valence-electron chi connectivity index (χ2n) is 7.23. The van der Waals surface area contributed by atoms with Crippen LogP contribution in [0.5, 0.6) is 0 Å². The van der Waals surface area contributed by atoms with E-state index in [0.717, 1.165) is 27.5 Å². The molecule has 0 aliphatic carbocycles. The maximum absolute atomic E-state index is 6.51. The minimum absolute atomic E-state index is 0.744. The molecule has 0 aromatic heterocycles. The van der Waals surface area contributed by atoms with Crippen molar-refractivity contribution in [1.82, 2.24) is 0 Å². The smallest absolute Gasteiger partial charge is 0.0485 e. The molecule has 5 aromatic rings. The van der Waals surface area contributed by atoms with Gasteiger partial charge >= 0.3 is 0 Å². The zero-order valence-electron chi connectivity index (χ0n) is 16.3. The Kier molecular flexibility index (Phi) is 4.96. The molecule has 0 amide bonds. The van der Waals surface area contributed by atoms with E-state index in [1.807, 2.05) is 30.3 Å². The first-order valence-electron chi connectivity index (χ1n) is 9.99. The first-order valence-corrected chi connectivity index (χ1v) is 10.4. The Morgan fingerprint density at radius 1 is 0.500 bits per heavy atom. The minimum atomic E-state index is 0.744. The van der Waals surface area contributed by atoms with Crippen molar-refractivity contribution in [3.05, 3.63) is 120 Å². The molecule has 0 atom stereocenters. The van der Waals surface area contributed by atoms with Crippen LogP contribution in [0.25, 0.3) is 33.0 Å². The Morgan fingerprint density at radius 2 is 1.17 bits per heavy atom. The number of fused-ring (bicyclic) bond motifs is 1. The summed E-state index contributed by atoms with van der Waals surface area (Å²) >= 11 is 6.51. The molecule has 0 bridgehead atoms. The molecule has 30 heavy (non-hydrogen) atoms. The van der Waals surface area contributed by atoms with Crippen LogP contribution < -0.4 is 5.32 Å². The van der Waals surface area contributed by atoms with E-state index in [0.29, 0.717) is 0 Å². The Balaban J connectivity index is 1.69. The number of hydrogen-bond acceptors (Lipinski definition) is 1. The topological polar surface area (TPSA) is 12.0 Å². The van der Waals surface area contributed by atoms with Crippen LogP contribution in [0, 0.1) is 0 Å². The SMILES string of the molecule is Clc1ccccc1-c1ccccc1Nc1ccc2ccccc2c1-c1ccccc1. The fourth-order valence-electron chi connectivity index (χ4n) is 3.94. The van der Waals surface area contributed by atoms with Gasteiger partial charge in [-0.1, -0.05) is 109 Å². The van der Waals surface area contributed by atoms with Gasteiger partial charge in [0, 0.05) is 33.1 Å². The molecule has 0 spiro atoms. The van der Waals surface area contributed by atoms with Crippen LogP contribution in [0.15, 0.2) is 115 Å². The largest absolute Gasteiger partial charge is 0.354 e. The van der Waals surface area contributed by atoms with Gasteiger partial charge in [0.05, 0.1) is 0 Å². The van der Waals surface area contributed by atoms with E-state index in [-0.39, 0.29) is 0 Å². The van der Waals surface area contributed by atoms with Crippen molar-refractivity contribution in [2.75, 3.05) is 5.32 Å². The highest BCUT2D eigenvalue weighted by Crippen LogP contribution is 2.40. The van der Waals surface area contributed by atoms with E-state index in [9.17, 15) is 0 Å². The van der Waals surface area contributed by atoms with Crippen molar-refractivity contribution in [3.8, 4) is 22.3 Å². The quantitative estimate of drug-likeness (QED) is 0.315. The van der Waals surface area contributed by atoms with Crippen molar-refractivity contribution < 1.29 is 0 Å². The molecule has 0 fully saturated rings. The van der Waals surface area contributed by atoms with Gasteiger partial charge in [-0.05, 0) is 34.5 Å². The number of hydrogen-bond donors (Lipinski definition) is 1. The lowest BCUT2D eigenvalue weighted by Crippen LogP contribution is -1.97. The van der Waals surface area contributed by atoms with Gasteiger partial charge in [-0.15, -0.1) is 0 Å². The number of benzene rings is 5. The molecule has 0 radical (unpaired) electrons. The molecular formula is C28H20ClN. The van der Waals surface area contributed by atoms with Gasteiger partial charge in [-0.3, -0.25) is 0 Å². The molecule has 0 aliphatic heterocycles. The van der Waals surface area contributed by atoms with Gasteiger partial charge in [0.1, 0.15) is 0 Å². The number of anilines is 2. The number of halogens is 1. The zero-order valence-corrected chi connectivity index (χ0v) is 17.1. The summed E-state index contributed by atoms with van der Waals surface area (Å²) in [5.41, 5.74) is 6.58. The molecule has 0 unspecified atom stereocenters. The summed E-state index contributed by atoms with van der Waals surface area (Å²) in [6.45, 7) is 0. The Morgan fingerprint density at radius 3 is 2.00 bits per heavy atom. The highest BCUT2D eigenvalue weighted by molar-refractivity contribution is 6.33. The third-order valence-electron chi connectivity index (χ3n) is 5.35. The van der Waals surface area contributed by atoms with Crippen LogP contribution >= 0.6 is 11.6 Å². The summed E-state index contributed by atoms with van der Waals surface area (Å²) < 4.78 is 0. The molecule has 2 heteroatoms. The molecule has 1 N–H and O–H groups in total. The molecule has 5 rings (SSSR count). The van der Waals surface area contributed by atoms with Gasteiger partial charge in [0.2, 0.25) is 0 Å². The third-order valence-corrected chi connectivity index (χ3v) is 5.68. The summed E-state index contributed by atoms with van der Waals surface area (Å²) in [6, 6.07) is 39.6. The lowest BCUT2D eigenvalue weighted by atomic mass is 9.95. The van der Waals surface area contributed by atoms with Crippen LogP contribution in [0.1, 0.15) is 0 Å². The van der Waals surface area contributed by atoms with E-state index >= 15 is 0 Å². The highest BCUT2D eigenvalue weighted by Gasteiger charge is 2.13. The third kappa shape index (κ3) is 3.45. The van der Waals surface area contributed by atoms with Crippen LogP contribution in [-0.2, 0) is 0 Å². The molecule has 0 heterocycles. The second-order valence-corrected chi connectivity index (χ2v) is 7.63. The van der Waals surface area contributed by atoms with E-state index in [1.165, 1.54) is 21.9 Å². The summed E-state index contributed by atoms with van der Waals surface area (Å²) in [4.78, 5) is 0. The molecule has 0 saturated heterocycles. The average molecular weight is 406 g/mol. The van der Waals surface area contributed by atoms with Crippen LogP contribution in [-0.4, -0.2) is 0 Å². The normalized spacial score (nSPS) is 10.8. The maximum Gasteiger partial charge on any atom is 0.0485 e. The van der Waals surface area contributed by atoms with Crippen LogP contribution in [0.3, 0.4) is 0 Å². The molecule has 5 aromatic carbocycles. The van der Waals surface area contributed by atoms with Crippen molar-refractivity contribution >= 4 is 33.7 Å². The summed E-state index contributed by atoms with van der Waals surface area (Å²) in [5.74, 6) is 0. The predicted octanol–water partition coefficient (Wildman–Crippen LogP) is 8.57. The second kappa shape index (κ2) is 8.06. The number of nitrogens with one attached hydrogen (secondary N) is 1. The fourth-order valence-corrected chi connectivity index (χ4v) is 4.18. The lowest BCUT2D eigenvalue weighted by molar-refractivity contribution is 1.53. The maximum atomic E-state index is 6.51. The number of rotatable bonds is 4. The van der Waals surface area contributed by atoms with E-state index in [2.05, 4.69) is 90.2 Å². The summed E-state index contributed by atoms with van der Waals surface area (Å²) in [5, 5.41) is 6.89. The van der Waals surface area contributed by atoms with Gasteiger partial charge in [0.25, 0.3) is 0 Å². The molecular weight excluding hydrogens is 386 g/mol. The molecule has 144 valence electrons. The van der Waals surface area contributed by atoms with Crippen molar-refractivity contribution in [3.63, 3.8) is 0 Å². The Bertz CT molecular complexity index is 1330. The van der Waals surface area contributed by atoms with Crippen LogP contribution in [0.2, 0.25) is 5.02 Å². The average Bonchev–Trinajstić information content (AvgIpc) is 2.80. The van der Waals surface area contributed by atoms with Gasteiger partial charge in [-0.25, -0.2) is 0 Å². The number of para-hydroxylation sites is 1. The van der Waals surface area contributed by atoms with Crippen molar-refractivity contribution in [1.29, 1.82) is 0 Å². The van der Waals surface area contributed by atoms with Gasteiger partial charge in [0.15, 0.2) is 0 Å². The fraction of sp³-hybridized carbons (Fsp3) is 0. The standard InChI is InChI=1S/C28H20ClN/c29-25-16-8-6-14-23(25)24-15-7-9-17-26(24)30-27-19-18-20-10-4-5-13-22(20)28(27)21-11-2-1-3-12-21/h1-19,30H. The van der Waals surface area contributed by atoms with Crippen LogP contribution in [0.4, 0.5) is 11.4 Å². The molecule has 0 saturated carbocycles. The first kappa shape index (κ1) is 18.5. The lowest BCUT2D eigenvalue weighted by Gasteiger charge is -2.18. The monoisotopic (exact) mass is 405 g/mol. The molecule has 0 aliphatic rings. The van der Waals surface area contributed by atoms with Gasteiger partial charge < -0.3 is 5.32 Å². The molecule has 1 nitrogen and oxygen atoms in total. The van der Waals surface area contributed by atoms with E-state index in [1.54, 1.807) is 0 Å². The predicted molar refractivity (Wildman–Crippen MR) is 130 cm³/mol. The van der Waals surface area contributed by atoms with E-state index < -0.39 is 0 Å². The first-order chi connectivity index (χ1) is 14.8. The highest BCUT2D eigenvalue weighted by atomic mass is 35.5. The van der Waals surface area contributed by atoms with E-state index in [4.69, 9.17) is 11.6 Å². The minimum Gasteiger partial charge on any atom is -0.354 e. The summed E-state index contributed by atoms with van der Waals surface area (Å²) in [7, 11) is 0. The van der Waals surface area contributed by atoms with Crippen molar-refractivity contribution in [2.24, 2.45) is 0 Å². The Hall–Kier alpha value is -3.55. The zero-order chi connectivity index (χ0) is 20.3. The Labute approximate surface area is 181 Å². The summed E-state index contributed by atoms with van der Waals surface area (Å²) in [6.07, 6.45) is 0. The van der Waals surface area contributed by atoms with Gasteiger partial charge in [-0.2, -0.15) is 0 Å².